The molecule has 19 heavy (non-hydrogen) atoms. The monoisotopic (exact) mass is 281 g/mol. The number of nitro groups is 1. The zero-order valence-electron chi connectivity index (χ0n) is 9.56. The molecule has 9 heteroatoms. The van der Waals surface area contributed by atoms with Crippen molar-refractivity contribution in [2.45, 2.75) is 6.92 Å². The highest BCUT2D eigenvalue weighted by Gasteiger charge is 2.20. The van der Waals surface area contributed by atoms with Gasteiger partial charge in [0, 0.05) is 12.1 Å². The molecule has 2 aromatic rings. The van der Waals surface area contributed by atoms with E-state index in [-0.39, 0.29) is 10.9 Å². The number of ether oxygens (including phenoxy) is 1. The quantitative estimate of drug-likeness (QED) is 0.674. The van der Waals surface area contributed by atoms with E-state index in [4.69, 9.17) is 9.84 Å². The lowest BCUT2D eigenvalue weighted by atomic mass is 10.2. The Kier molecular flexibility index (Phi) is 3.38. The van der Waals surface area contributed by atoms with Crippen molar-refractivity contribution >= 4 is 23.0 Å². The molecule has 0 saturated heterocycles. The van der Waals surface area contributed by atoms with Gasteiger partial charge < -0.3 is 9.84 Å². The Morgan fingerprint density at radius 2 is 2.21 bits per heavy atom. The van der Waals surface area contributed by atoms with E-state index in [0.29, 0.717) is 5.01 Å². The second-order valence-electron chi connectivity index (χ2n) is 3.43. The number of carboxylic acids is 1. The molecule has 1 aromatic carbocycles. The van der Waals surface area contributed by atoms with Gasteiger partial charge in [-0.15, -0.1) is 5.10 Å². The maximum atomic E-state index is 10.9. The van der Waals surface area contributed by atoms with Crippen LogP contribution in [-0.2, 0) is 0 Å². The van der Waals surface area contributed by atoms with Gasteiger partial charge in [-0.3, -0.25) is 10.1 Å². The molecule has 0 bridgehead atoms. The molecule has 0 spiro atoms. The Labute approximate surface area is 110 Å². The van der Waals surface area contributed by atoms with Crippen LogP contribution >= 0.6 is 11.3 Å². The standard InChI is InChI=1S/C10H7N3O5S/c1-5-11-12-10(19-5)18-6-2-3-8(13(16)17)7(4-6)9(14)15/h2-4H,1H3,(H,14,15). The highest BCUT2D eigenvalue weighted by Crippen LogP contribution is 2.29. The topological polar surface area (TPSA) is 115 Å². The van der Waals surface area contributed by atoms with E-state index in [1.54, 1.807) is 6.92 Å². The van der Waals surface area contributed by atoms with Gasteiger partial charge in [0.05, 0.1) is 4.92 Å². The lowest BCUT2D eigenvalue weighted by Crippen LogP contribution is -2.02. The molecule has 8 nitrogen and oxygen atoms in total. The smallest absolute Gasteiger partial charge is 0.342 e. The van der Waals surface area contributed by atoms with Crippen LogP contribution in [0, 0.1) is 17.0 Å². The molecule has 1 N–H and O–H groups in total. The number of carboxylic acid groups (broad SMARTS) is 1. The van der Waals surface area contributed by atoms with Gasteiger partial charge in [-0.25, -0.2) is 4.79 Å². The van der Waals surface area contributed by atoms with Crippen LogP contribution in [0.2, 0.25) is 0 Å². The summed E-state index contributed by atoms with van der Waals surface area (Å²) < 4.78 is 5.28. The van der Waals surface area contributed by atoms with Gasteiger partial charge >= 0.3 is 5.97 Å². The number of hydrogen-bond acceptors (Lipinski definition) is 7. The first-order valence-corrected chi connectivity index (χ1v) is 5.78. The molecule has 0 aliphatic heterocycles. The first kappa shape index (κ1) is 12.9. The van der Waals surface area contributed by atoms with E-state index in [1.807, 2.05) is 0 Å². The van der Waals surface area contributed by atoms with Crippen molar-refractivity contribution in [1.82, 2.24) is 10.2 Å². The summed E-state index contributed by atoms with van der Waals surface area (Å²) in [5.41, 5.74) is -0.933. The molecule has 1 heterocycles. The summed E-state index contributed by atoms with van der Waals surface area (Å²) in [5, 5.41) is 28.0. The van der Waals surface area contributed by atoms with Crippen molar-refractivity contribution in [3.05, 3.63) is 38.9 Å². The average molecular weight is 281 g/mol. The Bertz CT molecular complexity index is 654. The lowest BCUT2D eigenvalue weighted by Gasteiger charge is -2.03. The Balaban J connectivity index is 2.35. The van der Waals surface area contributed by atoms with E-state index in [2.05, 4.69) is 10.2 Å². The summed E-state index contributed by atoms with van der Waals surface area (Å²) in [7, 11) is 0. The van der Waals surface area contributed by atoms with E-state index in [1.165, 1.54) is 17.4 Å². The maximum absolute atomic E-state index is 10.9. The van der Waals surface area contributed by atoms with Crippen LogP contribution in [0.4, 0.5) is 5.69 Å². The van der Waals surface area contributed by atoms with Crippen molar-refractivity contribution < 1.29 is 19.6 Å². The average Bonchev–Trinajstić information content (AvgIpc) is 2.74. The van der Waals surface area contributed by atoms with Gasteiger partial charge in [0.1, 0.15) is 16.3 Å². The predicted molar refractivity (Wildman–Crippen MR) is 64.8 cm³/mol. The highest BCUT2D eigenvalue weighted by atomic mass is 32.1. The number of nitrogens with zero attached hydrogens (tertiary/aromatic N) is 3. The summed E-state index contributed by atoms with van der Waals surface area (Å²) >= 11 is 1.18. The molecular formula is C10H7N3O5S. The van der Waals surface area contributed by atoms with Gasteiger partial charge in [0.25, 0.3) is 10.9 Å². The fourth-order valence-electron chi connectivity index (χ4n) is 1.33. The van der Waals surface area contributed by atoms with E-state index < -0.39 is 22.1 Å². The molecule has 0 saturated carbocycles. The van der Waals surface area contributed by atoms with Crippen molar-refractivity contribution in [3.8, 4) is 10.9 Å². The normalized spacial score (nSPS) is 10.2. The van der Waals surface area contributed by atoms with Crippen LogP contribution in [0.15, 0.2) is 18.2 Å². The number of hydrogen-bond donors (Lipinski definition) is 1. The first-order chi connectivity index (χ1) is 8.97. The summed E-state index contributed by atoms with van der Waals surface area (Å²) in [5.74, 6) is -1.25. The van der Waals surface area contributed by atoms with Gasteiger partial charge in [-0.1, -0.05) is 16.4 Å². The predicted octanol–water partition coefficient (Wildman–Crippen LogP) is 2.25. The number of aryl methyl sites for hydroxylation is 1. The van der Waals surface area contributed by atoms with E-state index in [0.717, 1.165) is 12.1 Å². The fraction of sp³-hybridized carbons (Fsp3) is 0.100. The Hall–Kier alpha value is -2.55. The third kappa shape index (κ3) is 2.83. The van der Waals surface area contributed by atoms with E-state index >= 15 is 0 Å². The van der Waals surface area contributed by atoms with Crippen molar-refractivity contribution in [2.24, 2.45) is 0 Å². The molecule has 98 valence electrons. The van der Waals surface area contributed by atoms with Crippen LogP contribution in [0.5, 0.6) is 10.9 Å². The zero-order chi connectivity index (χ0) is 14.0. The molecule has 0 unspecified atom stereocenters. The van der Waals surface area contributed by atoms with Crippen LogP contribution in [-0.4, -0.2) is 26.2 Å². The number of benzene rings is 1. The molecule has 2 rings (SSSR count). The molecule has 0 atom stereocenters. The molecular weight excluding hydrogens is 274 g/mol. The van der Waals surface area contributed by atoms with Crippen LogP contribution in [0.1, 0.15) is 15.4 Å². The maximum Gasteiger partial charge on any atom is 0.342 e. The van der Waals surface area contributed by atoms with Gasteiger partial charge in [-0.2, -0.15) is 0 Å². The van der Waals surface area contributed by atoms with Crippen molar-refractivity contribution in [2.75, 3.05) is 0 Å². The highest BCUT2D eigenvalue weighted by molar-refractivity contribution is 7.13. The number of aromatic nitrogens is 2. The Morgan fingerprint density at radius 3 is 2.74 bits per heavy atom. The van der Waals surface area contributed by atoms with Gasteiger partial charge in [0.2, 0.25) is 0 Å². The second kappa shape index (κ2) is 4.98. The summed E-state index contributed by atoms with van der Waals surface area (Å²) in [4.78, 5) is 20.9. The van der Waals surface area contributed by atoms with Crippen molar-refractivity contribution in [1.29, 1.82) is 0 Å². The molecule has 0 aliphatic rings. The molecule has 0 aliphatic carbocycles. The molecule has 0 radical (unpaired) electrons. The fourth-order valence-corrected chi connectivity index (χ4v) is 1.88. The van der Waals surface area contributed by atoms with Gasteiger partial charge in [-0.05, 0) is 13.0 Å². The minimum Gasteiger partial charge on any atom is -0.477 e. The van der Waals surface area contributed by atoms with Crippen LogP contribution in [0.3, 0.4) is 0 Å². The SMILES string of the molecule is Cc1nnc(Oc2ccc([N+](=O)[O-])c(C(=O)O)c2)s1. The summed E-state index contributed by atoms with van der Waals surface area (Å²) in [6, 6.07) is 3.46. The minimum absolute atomic E-state index is 0.152. The summed E-state index contributed by atoms with van der Waals surface area (Å²) in [6.07, 6.45) is 0. The zero-order valence-corrected chi connectivity index (χ0v) is 10.4. The third-order valence-electron chi connectivity index (χ3n) is 2.11. The van der Waals surface area contributed by atoms with Crippen LogP contribution < -0.4 is 4.74 Å². The minimum atomic E-state index is -1.40. The van der Waals surface area contributed by atoms with Crippen molar-refractivity contribution in [3.63, 3.8) is 0 Å². The van der Waals surface area contributed by atoms with Crippen LogP contribution in [0.25, 0.3) is 0 Å². The molecule has 0 amide bonds. The number of rotatable bonds is 4. The first-order valence-electron chi connectivity index (χ1n) is 4.97. The third-order valence-corrected chi connectivity index (χ3v) is 2.82. The lowest BCUT2D eigenvalue weighted by molar-refractivity contribution is -0.385. The molecule has 1 aromatic heterocycles. The summed E-state index contributed by atoms with van der Waals surface area (Å²) in [6.45, 7) is 1.74. The largest absolute Gasteiger partial charge is 0.477 e. The molecule has 0 fully saturated rings. The van der Waals surface area contributed by atoms with Gasteiger partial charge in [0.15, 0.2) is 0 Å². The van der Waals surface area contributed by atoms with E-state index in [9.17, 15) is 14.9 Å². The second-order valence-corrected chi connectivity index (χ2v) is 4.57. The number of carbonyl (C=O) groups is 1. The number of nitro benzene ring substituents is 1. The number of aromatic carboxylic acids is 1. The Morgan fingerprint density at radius 1 is 1.47 bits per heavy atom.